The molecule has 1 unspecified atom stereocenters. The van der Waals surface area contributed by atoms with E-state index in [0.717, 1.165) is 0 Å². The van der Waals surface area contributed by atoms with Crippen molar-refractivity contribution < 1.29 is 13.9 Å². The van der Waals surface area contributed by atoms with Gasteiger partial charge in [0.05, 0.1) is 12.2 Å². The summed E-state index contributed by atoms with van der Waals surface area (Å²) < 4.78 is 18.7. The molecule has 0 fully saturated rings. The van der Waals surface area contributed by atoms with E-state index in [1.54, 1.807) is 25.3 Å². The quantitative estimate of drug-likeness (QED) is 0.571. The first-order valence-electron chi connectivity index (χ1n) is 7.99. The maximum atomic E-state index is 13.4. The molecule has 0 saturated heterocycles. The van der Waals surface area contributed by atoms with E-state index in [2.05, 4.69) is 26.2 Å². The summed E-state index contributed by atoms with van der Waals surface area (Å²) in [5, 5.41) is 6.15. The van der Waals surface area contributed by atoms with Crippen molar-refractivity contribution in [1.82, 2.24) is 10.3 Å². The van der Waals surface area contributed by atoms with Crippen molar-refractivity contribution in [3.05, 3.63) is 63.5 Å². The second-order valence-electron chi connectivity index (χ2n) is 5.71. The van der Waals surface area contributed by atoms with Gasteiger partial charge in [-0.25, -0.2) is 19.2 Å². The average molecular weight is 438 g/mol. The van der Waals surface area contributed by atoms with Gasteiger partial charge in [-0.05, 0) is 31.5 Å². The second kappa shape index (κ2) is 7.67. The molecule has 3 rings (SSSR count). The minimum Gasteiger partial charge on any atom is -0.463 e. The number of rotatable bonds is 5. The molecule has 1 atom stereocenters. The molecule has 2 heterocycles. The summed E-state index contributed by atoms with van der Waals surface area (Å²) in [7, 11) is 0. The third-order valence-corrected chi connectivity index (χ3v) is 5.39. The summed E-state index contributed by atoms with van der Waals surface area (Å²) >= 11 is 4.88. The molecule has 0 radical (unpaired) electrons. The number of nitrogens with one attached hydrogen (secondary N) is 1. The summed E-state index contributed by atoms with van der Waals surface area (Å²) in [6, 6.07) is 5.99. The van der Waals surface area contributed by atoms with Crippen LogP contribution >= 0.6 is 27.3 Å². The molecule has 1 aromatic heterocycles. The Kier molecular flexibility index (Phi) is 5.52. The van der Waals surface area contributed by atoms with Gasteiger partial charge in [-0.1, -0.05) is 28.1 Å². The molecule has 0 amide bonds. The zero-order chi connectivity index (χ0) is 18.7. The molecule has 5 nitrogen and oxygen atoms in total. The van der Waals surface area contributed by atoms with Crippen molar-refractivity contribution in [2.75, 3.05) is 11.9 Å². The van der Waals surface area contributed by atoms with E-state index in [1.807, 2.05) is 12.3 Å². The van der Waals surface area contributed by atoms with E-state index >= 15 is 0 Å². The number of carbonyl (C=O) groups is 1. The third kappa shape index (κ3) is 3.43. The number of alkyl halides is 1. The van der Waals surface area contributed by atoms with Crippen molar-refractivity contribution in [1.29, 1.82) is 0 Å². The molecule has 0 aliphatic carbocycles. The number of allylic oxidation sites excluding steroid dienone is 1. The minimum atomic E-state index is -1.03. The number of hydrogen-bond acceptors (Lipinski definition) is 6. The Morgan fingerprint density at radius 3 is 2.69 bits per heavy atom. The highest BCUT2D eigenvalue weighted by molar-refractivity contribution is 9.09. The molecule has 1 aliphatic heterocycles. The van der Waals surface area contributed by atoms with Crippen LogP contribution in [0.2, 0.25) is 0 Å². The third-order valence-electron chi connectivity index (χ3n) is 4.05. The molecule has 2 aromatic rings. The molecule has 1 N–H and O–H groups in total. The summed E-state index contributed by atoms with van der Waals surface area (Å²) in [5.41, 5.74) is 0.699. The monoisotopic (exact) mass is 437 g/mol. The maximum absolute atomic E-state index is 13.4. The van der Waals surface area contributed by atoms with Gasteiger partial charge in [-0.2, -0.15) is 0 Å². The highest BCUT2D eigenvalue weighted by atomic mass is 79.9. The van der Waals surface area contributed by atoms with Gasteiger partial charge in [0.1, 0.15) is 11.4 Å². The van der Waals surface area contributed by atoms with Crippen LogP contribution in [0.15, 0.2) is 52.1 Å². The highest BCUT2D eigenvalue weighted by Crippen LogP contribution is 2.39. The molecule has 136 valence electrons. The first-order valence-corrected chi connectivity index (χ1v) is 9.99. The van der Waals surface area contributed by atoms with Gasteiger partial charge in [-0.15, -0.1) is 11.3 Å². The minimum absolute atomic E-state index is 0.250. The van der Waals surface area contributed by atoms with Gasteiger partial charge >= 0.3 is 5.97 Å². The van der Waals surface area contributed by atoms with Gasteiger partial charge in [0.15, 0.2) is 10.8 Å². The van der Waals surface area contributed by atoms with Gasteiger partial charge in [0.2, 0.25) is 0 Å². The number of halogens is 2. The first kappa shape index (κ1) is 18.7. The number of aliphatic imine (C=N–C) groups is 1. The molecule has 8 heteroatoms. The van der Waals surface area contributed by atoms with E-state index in [1.165, 1.54) is 23.5 Å². The van der Waals surface area contributed by atoms with E-state index in [4.69, 9.17) is 9.73 Å². The normalized spacial score (nSPS) is 19.8. The van der Waals surface area contributed by atoms with Crippen LogP contribution in [0, 0.1) is 5.82 Å². The standard InChI is InChI=1S/C18H17BrFN3O2S/c1-3-25-17(24)14-13(10-19)22-15(16-21-8-9-26-16)23-18(14,2)11-4-6-12(20)7-5-11/h4-9H,3,10H2,1-2H3,(H,22,23). The number of hydrogen-bond donors (Lipinski definition) is 1. The van der Waals surface area contributed by atoms with Crippen molar-refractivity contribution >= 4 is 39.1 Å². The van der Waals surface area contributed by atoms with Crippen LogP contribution in [0.4, 0.5) is 4.39 Å². The second-order valence-corrected chi connectivity index (χ2v) is 7.16. The van der Waals surface area contributed by atoms with E-state index < -0.39 is 11.5 Å². The van der Waals surface area contributed by atoms with Gasteiger partial charge in [0.25, 0.3) is 0 Å². The first-order chi connectivity index (χ1) is 12.5. The molecule has 1 aliphatic rings. The largest absolute Gasteiger partial charge is 0.463 e. The van der Waals surface area contributed by atoms with Gasteiger partial charge < -0.3 is 10.1 Å². The Balaban J connectivity index is 2.19. The molecular weight excluding hydrogens is 421 g/mol. The smallest absolute Gasteiger partial charge is 0.338 e. The lowest BCUT2D eigenvalue weighted by Crippen LogP contribution is -2.42. The van der Waals surface area contributed by atoms with Crippen molar-refractivity contribution in [2.24, 2.45) is 4.99 Å². The molecule has 26 heavy (non-hydrogen) atoms. The molecule has 0 bridgehead atoms. The highest BCUT2D eigenvalue weighted by Gasteiger charge is 2.42. The summed E-state index contributed by atoms with van der Waals surface area (Å²) in [5.74, 6) is -0.240. The number of esters is 1. The van der Waals surface area contributed by atoms with Crippen LogP contribution in [0.1, 0.15) is 24.4 Å². The van der Waals surface area contributed by atoms with Crippen LogP contribution in [-0.2, 0) is 15.1 Å². The van der Waals surface area contributed by atoms with Crippen LogP contribution in [-0.4, -0.2) is 28.7 Å². The predicted molar refractivity (Wildman–Crippen MR) is 103 cm³/mol. The molecular formula is C18H17BrFN3O2S. The Hall–Kier alpha value is -2.06. The Morgan fingerprint density at radius 2 is 2.12 bits per heavy atom. The lowest BCUT2D eigenvalue weighted by Gasteiger charge is -2.34. The number of benzene rings is 1. The number of aromatic nitrogens is 1. The topological polar surface area (TPSA) is 63.6 Å². The number of carbonyl (C=O) groups excluding carboxylic acids is 1. The number of amidine groups is 1. The molecule has 0 spiro atoms. The van der Waals surface area contributed by atoms with Crippen LogP contribution in [0.3, 0.4) is 0 Å². The maximum Gasteiger partial charge on any atom is 0.338 e. The Morgan fingerprint density at radius 1 is 1.38 bits per heavy atom. The van der Waals surface area contributed by atoms with E-state index in [-0.39, 0.29) is 12.4 Å². The molecule has 1 aromatic carbocycles. The molecule has 0 saturated carbocycles. The zero-order valence-corrected chi connectivity index (χ0v) is 16.7. The van der Waals surface area contributed by atoms with Crippen molar-refractivity contribution in [3.8, 4) is 0 Å². The van der Waals surface area contributed by atoms with Crippen molar-refractivity contribution in [2.45, 2.75) is 19.4 Å². The fourth-order valence-electron chi connectivity index (χ4n) is 2.86. The Labute approximate surface area is 163 Å². The van der Waals surface area contributed by atoms with E-state index in [0.29, 0.717) is 33.0 Å². The lowest BCUT2D eigenvalue weighted by molar-refractivity contribution is -0.139. The fourth-order valence-corrected chi connectivity index (χ4v) is 3.86. The van der Waals surface area contributed by atoms with Crippen LogP contribution in [0.25, 0.3) is 0 Å². The fraction of sp³-hybridized carbons (Fsp3) is 0.278. The number of ether oxygens (including phenoxy) is 1. The van der Waals surface area contributed by atoms with Crippen LogP contribution < -0.4 is 5.32 Å². The van der Waals surface area contributed by atoms with Crippen molar-refractivity contribution in [3.63, 3.8) is 0 Å². The predicted octanol–water partition coefficient (Wildman–Crippen LogP) is 3.76. The number of thiazole rings is 1. The van der Waals surface area contributed by atoms with Gasteiger partial charge in [0, 0.05) is 22.6 Å². The summed E-state index contributed by atoms with van der Waals surface area (Å²) in [6.45, 7) is 3.83. The summed E-state index contributed by atoms with van der Waals surface area (Å²) in [6.07, 6.45) is 1.69. The number of nitrogens with zero attached hydrogens (tertiary/aromatic N) is 2. The Bertz CT molecular complexity index is 865. The van der Waals surface area contributed by atoms with Crippen LogP contribution in [0.5, 0.6) is 0 Å². The van der Waals surface area contributed by atoms with E-state index in [9.17, 15) is 9.18 Å². The lowest BCUT2D eigenvalue weighted by atomic mass is 9.82. The summed E-state index contributed by atoms with van der Waals surface area (Å²) in [4.78, 5) is 21.8. The zero-order valence-electron chi connectivity index (χ0n) is 14.3. The SMILES string of the molecule is CCOC(=O)C1=C(CBr)NC(c2nccs2)=NC1(C)c1ccc(F)cc1. The van der Waals surface area contributed by atoms with Gasteiger partial charge in [-0.3, -0.25) is 0 Å². The average Bonchev–Trinajstić information content (AvgIpc) is 3.16.